The van der Waals surface area contributed by atoms with Gasteiger partial charge in [0, 0.05) is 6.42 Å². The van der Waals surface area contributed by atoms with E-state index >= 15 is 0 Å². The summed E-state index contributed by atoms with van der Waals surface area (Å²) in [7, 11) is 0. The standard InChI is InChI=1S/C20H18N2O/c23-20(13-11-16-6-2-1-3-7-16)22-21-15-17-10-12-18-8-4-5-9-19(18)14-17/h1-10,12,14-15H,11,13H2,(H,22,23)/b21-15-. The first kappa shape index (κ1) is 15.0. The highest BCUT2D eigenvalue weighted by atomic mass is 16.2. The van der Waals surface area contributed by atoms with E-state index in [0.29, 0.717) is 6.42 Å². The van der Waals surface area contributed by atoms with Crippen LogP contribution in [-0.2, 0) is 11.2 Å². The van der Waals surface area contributed by atoms with Gasteiger partial charge in [0.1, 0.15) is 0 Å². The van der Waals surface area contributed by atoms with Gasteiger partial charge in [0.2, 0.25) is 5.91 Å². The van der Waals surface area contributed by atoms with Crippen molar-refractivity contribution in [1.82, 2.24) is 5.43 Å². The van der Waals surface area contributed by atoms with E-state index in [1.807, 2.05) is 54.6 Å². The van der Waals surface area contributed by atoms with Crippen LogP contribution in [0.4, 0.5) is 0 Å². The molecule has 0 aliphatic heterocycles. The van der Waals surface area contributed by atoms with Gasteiger partial charge in [0.05, 0.1) is 6.21 Å². The Morgan fingerprint density at radius 1 is 0.913 bits per heavy atom. The zero-order valence-corrected chi connectivity index (χ0v) is 12.8. The third-order valence-electron chi connectivity index (χ3n) is 3.66. The molecule has 3 heteroatoms. The van der Waals surface area contributed by atoms with E-state index < -0.39 is 0 Å². The fraction of sp³-hybridized carbons (Fsp3) is 0.100. The summed E-state index contributed by atoms with van der Waals surface area (Å²) in [4.78, 5) is 11.8. The van der Waals surface area contributed by atoms with E-state index in [1.165, 1.54) is 5.39 Å². The molecule has 0 aliphatic rings. The molecule has 0 saturated heterocycles. The second-order valence-electron chi connectivity index (χ2n) is 5.39. The third kappa shape index (κ3) is 4.27. The number of aryl methyl sites for hydroxylation is 1. The van der Waals surface area contributed by atoms with Gasteiger partial charge in [0.15, 0.2) is 0 Å². The van der Waals surface area contributed by atoms with Gasteiger partial charge in [-0.3, -0.25) is 4.79 Å². The maximum Gasteiger partial charge on any atom is 0.240 e. The number of hydrazone groups is 1. The highest BCUT2D eigenvalue weighted by Crippen LogP contribution is 2.14. The largest absolute Gasteiger partial charge is 0.273 e. The second kappa shape index (κ2) is 7.36. The van der Waals surface area contributed by atoms with Crippen molar-refractivity contribution in [2.24, 2.45) is 5.10 Å². The van der Waals surface area contributed by atoms with Crippen molar-refractivity contribution in [2.45, 2.75) is 12.8 Å². The highest BCUT2D eigenvalue weighted by molar-refractivity contribution is 5.90. The molecule has 0 fully saturated rings. The molecule has 1 N–H and O–H groups in total. The second-order valence-corrected chi connectivity index (χ2v) is 5.39. The molecule has 0 aromatic heterocycles. The zero-order chi connectivity index (χ0) is 15.9. The van der Waals surface area contributed by atoms with Gasteiger partial charge in [0.25, 0.3) is 0 Å². The van der Waals surface area contributed by atoms with E-state index in [-0.39, 0.29) is 5.91 Å². The summed E-state index contributed by atoms with van der Waals surface area (Å²) >= 11 is 0. The van der Waals surface area contributed by atoms with Crippen LogP contribution in [0.25, 0.3) is 10.8 Å². The fourth-order valence-corrected chi connectivity index (χ4v) is 2.43. The molecule has 0 unspecified atom stereocenters. The van der Waals surface area contributed by atoms with Crippen molar-refractivity contribution in [2.75, 3.05) is 0 Å². The third-order valence-corrected chi connectivity index (χ3v) is 3.66. The Balaban J connectivity index is 1.54. The molecular formula is C20H18N2O. The lowest BCUT2D eigenvalue weighted by atomic mass is 10.1. The normalized spacial score (nSPS) is 11.0. The molecule has 3 rings (SSSR count). The van der Waals surface area contributed by atoms with Crippen LogP contribution in [0.1, 0.15) is 17.5 Å². The predicted molar refractivity (Wildman–Crippen MR) is 94.4 cm³/mol. The maximum absolute atomic E-state index is 11.8. The van der Waals surface area contributed by atoms with Gasteiger partial charge < -0.3 is 0 Å². The summed E-state index contributed by atoms with van der Waals surface area (Å²) in [5.74, 6) is -0.0779. The number of nitrogens with one attached hydrogen (secondary N) is 1. The number of amides is 1. The Bertz CT molecular complexity index is 825. The van der Waals surface area contributed by atoms with Gasteiger partial charge in [-0.25, -0.2) is 5.43 Å². The number of benzene rings is 3. The van der Waals surface area contributed by atoms with Gasteiger partial charge >= 0.3 is 0 Å². The Morgan fingerprint density at radius 2 is 1.65 bits per heavy atom. The van der Waals surface area contributed by atoms with Crippen LogP contribution in [0.15, 0.2) is 77.9 Å². The van der Waals surface area contributed by atoms with Crippen LogP contribution in [0, 0.1) is 0 Å². The first-order valence-corrected chi connectivity index (χ1v) is 7.66. The summed E-state index contributed by atoms with van der Waals surface area (Å²) in [5.41, 5.74) is 4.70. The molecule has 23 heavy (non-hydrogen) atoms. The van der Waals surface area contributed by atoms with Gasteiger partial charge in [-0.1, -0.05) is 66.7 Å². The van der Waals surface area contributed by atoms with Gasteiger partial charge in [-0.2, -0.15) is 5.10 Å². The van der Waals surface area contributed by atoms with Crippen molar-refractivity contribution in [3.63, 3.8) is 0 Å². The fourth-order valence-electron chi connectivity index (χ4n) is 2.43. The molecule has 0 radical (unpaired) electrons. The number of fused-ring (bicyclic) bond motifs is 1. The van der Waals surface area contributed by atoms with E-state index in [2.05, 4.69) is 28.7 Å². The summed E-state index contributed by atoms with van der Waals surface area (Å²) in [6.45, 7) is 0. The maximum atomic E-state index is 11.8. The molecule has 3 nitrogen and oxygen atoms in total. The molecule has 0 aliphatic carbocycles. The van der Waals surface area contributed by atoms with Crippen LogP contribution in [0.2, 0.25) is 0 Å². The van der Waals surface area contributed by atoms with E-state index in [0.717, 1.165) is 22.9 Å². The number of nitrogens with zero attached hydrogens (tertiary/aromatic N) is 1. The molecule has 114 valence electrons. The minimum absolute atomic E-state index is 0.0779. The van der Waals surface area contributed by atoms with Crippen LogP contribution >= 0.6 is 0 Å². The first-order chi connectivity index (χ1) is 11.3. The Labute approximate surface area is 135 Å². The molecule has 1 amide bonds. The molecule has 0 spiro atoms. The van der Waals surface area contributed by atoms with Crippen LogP contribution in [0.3, 0.4) is 0 Å². The summed E-state index contributed by atoms with van der Waals surface area (Å²) in [6, 6.07) is 24.2. The highest BCUT2D eigenvalue weighted by Gasteiger charge is 2.00. The lowest BCUT2D eigenvalue weighted by molar-refractivity contribution is -0.121. The molecular weight excluding hydrogens is 284 g/mol. The number of carbonyl (C=O) groups is 1. The number of hydrogen-bond acceptors (Lipinski definition) is 2. The monoisotopic (exact) mass is 302 g/mol. The van der Waals surface area contributed by atoms with E-state index in [1.54, 1.807) is 6.21 Å². The number of rotatable bonds is 5. The van der Waals surface area contributed by atoms with Crippen LogP contribution in [-0.4, -0.2) is 12.1 Å². The van der Waals surface area contributed by atoms with Crippen molar-refractivity contribution in [3.8, 4) is 0 Å². The first-order valence-electron chi connectivity index (χ1n) is 7.66. The summed E-state index contributed by atoms with van der Waals surface area (Å²) in [6.07, 6.45) is 2.82. The average Bonchev–Trinajstić information content (AvgIpc) is 2.61. The van der Waals surface area contributed by atoms with Crippen molar-refractivity contribution in [3.05, 3.63) is 83.9 Å². The lowest BCUT2D eigenvalue weighted by Crippen LogP contribution is -2.17. The number of carbonyl (C=O) groups excluding carboxylic acids is 1. The Hall–Kier alpha value is -2.94. The molecule has 0 saturated carbocycles. The van der Waals surface area contributed by atoms with E-state index in [4.69, 9.17) is 0 Å². The molecule has 0 heterocycles. The van der Waals surface area contributed by atoms with E-state index in [9.17, 15) is 4.79 Å². The molecule has 3 aromatic carbocycles. The van der Waals surface area contributed by atoms with Gasteiger partial charge in [-0.05, 0) is 34.4 Å². The van der Waals surface area contributed by atoms with Crippen LogP contribution in [0.5, 0.6) is 0 Å². The quantitative estimate of drug-likeness (QED) is 0.563. The summed E-state index contributed by atoms with van der Waals surface area (Å²) < 4.78 is 0. The van der Waals surface area contributed by atoms with Crippen LogP contribution < -0.4 is 5.43 Å². The average molecular weight is 302 g/mol. The minimum atomic E-state index is -0.0779. The Kier molecular flexibility index (Phi) is 4.79. The molecule has 0 atom stereocenters. The predicted octanol–water partition coefficient (Wildman–Crippen LogP) is 3.92. The van der Waals surface area contributed by atoms with Gasteiger partial charge in [-0.15, -0.1) is 0 Å². The van der Waals surface area contributed by atoms with Crippen molar-refractivity contribution >= 4 is 22.9 Å². The SMILES string of the molecule is O=C(CCc1ccccc1)N/N=C\c1ccc2ccccc2c1. The Morgan fingerprint density at radius 3 is 2.48 bits per heavy atom. The number of hydrogen-bond donors (Lipinski definition) is 1. The lowest BCUT2D eigenvalue weighted by Gasteiger charge is -2.01. The van der Waals surface area contributed by atoms with Crippen molar-refractivity contribution in [1.29, 1.82) is 0 Å². The van der Waals surface area contributed by atoms with Crippen molar-refractivity contribution < 1.29 is 4.79 Å². The minimum Gasteiger partial charge on any atom is -0.273 e. The summed E-state index contributed by atoms with van der Waals surface area (Å²) in [5, 5.41) is 6.39. The molecule has 3 aromatic rings. The zero-order valence-electron chi connectivity index (χ0n) is 12.8. The molecule has 0 bridgehead atoms. The smallest absolute Gasteiger partial charge is 0.240 e. The topological polar surface area (TPSA) is 41.5 Å².